The van der Waals surface area contributed by atoms with E-state index >= 15 is 0 Å². The van der Waals surface area contributed by atoms with Crippen molar-refractivity contribution in [3.05, 3.63) is 35.0 Å². The topological polar surface area (TPSA) is 122 Å². The van der Waals surface area contributed by atoms with E-state index in [1.165, 1.54) is 0 Å². The minimum atomic E-state index is -0.477. The number of anilines is 1. The lowest BCUT2D eigenvalue weighted by molar-refractivity contribution is -0.0236. The summed E-state index contributed by atoms with van der Waals surface area (Å²) >= 11 is 0. The summed E-state index contributed by atoms with van der Waals surface area (Å²) in [6, 6.07) is 3.19. The van der Waals surface area contributed by atoms with Gasteiger partial charge in [0.05, 0.1) is 18.8 Å². The van der Waals surface area contributed by atoms with Gasteiger partial charge in [-0.25, -0.2) is 4.98 Å². The Balaban J connectivity index is 2.05. The number of hydrogen-bond donors (Lipinski definition) is 2. The summed E-state index contributed by atoms with van der Waals surface area (Å²) in [5, 5.41) is 13.8. The molecule has 1 aliphatic rings. The van der Waals surface area contributed by atoms with Crippen molar-refractivity contribution in [1.29, 1.82) is 0 Å². The maximum absolute atomic E-state index is 9.22. The van der Waals surface area contributed by atoms with Crippen LogP contribution in [0.5, 0.6) is 0 Å². The summed E-state index contributed by atoms with van der Waals surface area (Å²) < 4.78 is 7.53. The molecule has 3 heterocycles. The van der Waals surface area contributed by atoms with E-state index in [4.69, 9.17) is 16.0 Å². The van der Waals surface area contributed by atoms with Crippen LogP contribution in [0.1, 0.15) is 12.6 Å². The quantitative estimate of drug-likeness (QED) is 0.501. The van der Waals surface area contributed by atoms with Crippen LogP contribution in [0.3, 0.4) is 0 Å². The fraction of sp³-hybridized carbons (Fsp3) is 0.417. The summed E-state index contributed by atoms with van der Waals surface area (Å²) in [6.07, 6.45) is 3.09. The molecule has 0 bridgehead atoms. The molecule has 0 aromatic carbocycles. The number of rotatable bonds is 3. The lowest BCUT2D eigenvalue weighted by Crippen LogP contribution is -2.17. The second-order valence-electron chi connectivity index (χ2n) is 4.70. The number of fused-ring (bicyclic) bond motifs is 1. The zero-order valence-corrected chi connectivity index (χ0v) is 10.6. The van der Waals surface area contributed by atoms with Crippen molar-refractivity contribution < 1.29 is 9.84 Å². The van der Waals surface area contributed by atoms with E-state index in [1.807, 2.05) is 6.07 Å². The molecule has 1 saturated heterocycles. The summed E-state index contributed by atoms with van der Waals surface area (Å²) in [5.41, 5.74) is 15.9. The summed E-state index contributed by atoms with van der Waals surface area (Å²) in [6.45, 7) is -0.108. The van der Waals surface area contributed by atoms with Gasteiger partial charge in [-0.2, -0.15) is 0 Å². The third-order valence-electron chi connectivity index (χ3n) is 3.49. The maximum Gasteiger partial charge on any atom is 0.144 e. The lowest BCUT2D eigenvalue weighted by atomic mass is 10.2. The first-order valence-electron chi connectivity index (χ1n) is 6.26. The molecule has 2 aromatic heterocycles. The van der Waals surface area contributed by atoms with Crippen LogP contribution in [0.4, 0.5) is 5.69 Å². The molecule has 8 heteroatoms. The number of aromatic nitrogens is 2. The average molecular weight is 274 g/mol. The molecule has 2 aromatic rings. The Kier molecular flexibility index (Phi) is 3.19. The molecule has 8 nitrogen and oxygen atoms in total. The molecule has 0 saturated carbocycles. The normalized spacial score (nSPS) is 25.8. The number of nitrogens with two attached hydrogens (primary N) is 1. The second-order valence-corrected chi connectivity index (χ2v) is 4.70. The molecule has 3 rings (SSSR count). The molecule has 3 atom stereocenters. The minimum absolute atomic E-state index is 0.108. The molecule has 0 spiro atoms. The van der Waals surface area contributed by atoms with E-state index in [9.17, 15) is 5.11 Å². The predicted octanol–water partition coefficient (Wildman–Crippen LogP) is 1.58. The van der Waals surface area contributed by atoms with Crippen molar-refractivity contribution in [1.82, 2.24) is 9.55 Å². The SMILES string of the molecule is [N-]=[N+]=N[C@H]1C[C@@H](CO)O[C@H]1n1ccc2c(N)ccnc21. The minimum Gasteiger partial charge on any atom is -0.398 e. The first-order valence-corrected chi connectivity index (χ1v) is 6.26. The molecule has 0 unspecified atom stereocenters. The van der Waals surface area contributed by atoms with Crippen LogP contribution >= 0.6 is 0 Å². The highest BCUT2D eigenvalue weighted by molar-refractivity contribution is 5.88. The standard InChI is InChI=1S/C12H14N6O2/c13-9-1-3-15-11-8(9)2-4-18(11)12-10(16-17-14)5-7(6-19)20-12/h1-4,7,10,12,19H,5-6H2,(H2,13,15)/t7-,10-,12+/m0/s1. The van der Waals surface area contributed by atoms with E-state index < -0.39 is 6.23 Å². The van der Waals surface area contributed by atoms with Crippen LogP contribution in [0, 0.1) is 0 Å². The molecular formula is C12H14N6O2. The van der Waals surface area contributed by atoms with Gasteiger partial charge >= 0.3 is 0 Å². The van der Waals surface area contributed by atoms with E-state index in [2.05, 4.69) is 15.0 Å². The van der Waals surface area contributed by atoms with Gasteiger partial charge in [0, 0.05) is 28.4 Å². The second kappa shape index (κ2) is 5.01. The molecular weight excluding hydrogens is 260 g/mol. The summed E-state index contributed by atoms with van der Waals surface area (Å²) in [5.74, 6) is 0. The number of nitrogen functional groups attached to an aromatic ring is 1. The van der Waals surface area contributed by atoms with Crippen molar-refractivity contribution in [3.8, 4) is 0 Å². The van der Waals surface area contributed by atoms with Crippen LogP contribution in [0.25, 0.3) is 21.5 Å². The highest BCUT2D eigenvalue weighted by atomic mass is 16.5. The lowest BCUT2D eigenvalue weighted by Gasteiger charge is -2.17. The van der Waals surface area contributed by atoms with Crippen LogP contribution in [-0.2, 0) is 4.74 Å². The molecule has 3 N–H and O–H groups in total. The number of nitrogens with zero attached hydrogens (tertiary/aromatic N) is 5. The van der Waals surface area contributed by atoms with Gasteiger partial charge in [-0.1, -0.05) is 5.11 Å². The van der Waals surface area contributed by atoms with E-state index in [-0.39, 0.29) is 18.8 Å². The Morgan fingerprint density at radius 2 is 2.45 bits per heavy atom. The third kappa shape index (κ3) is 1.96. The number of aliphatic hydroxyl groups excluding tert-OH is 1. The van der Waals surface area contributed by atoms with Crippen molar-refractivity contribution >= 4 is 16.7 Å². The van der Waals surface area contributed by atoms with Crippen LogP contribution in [0.2, 0.25) is 0 Å². The van der Waals surface area contributed by atoms with E-state index in [1.54, 1.807) is 23.0 Å². The predicted molar refractivity (Wildman–Crippen MR) is 72.7 cm³/mol. The van der Waals surface area contributed by atoms with Crippen molar-refractivity contribution in [2.75, 3.05) is 12.3 Å². The summed E-state index contributed by atoms with van der Waals surface area (Å²) in [4.78, 5) is 7.15. The van der Waals surface area contributed by atoms with Crippen LogP contribution in [0.15, 0.2) is 29.6 Å². The highest BCUT2D eigenvalue weighted by Gasteiger charge is 2.36. The molecule has 0 amide bonds. The molecule has 20 heavy (non-hydrogen) atoms. The average Bonchev–Trinajstić information content (AvgIpc) is 3.03. The van der Waals surface area contributed by atoms with Gasteiger partial charge in [-0.3, -0.25) is 0 Å². The number of pyridine rings is 1. The molecule has 104 valence electrons. The molecule has 0 aliphatic carbocycles. The molecule has 1 fully saturated rings. The van der Waals surface area contributed by atoms with Gasteiger partial charge < -0.3 is 20.1 Å². The van der Waals surface area contributed by atoms with Gasteiger partial charge in [0.25, 0.3) is 0 Å². The Bertz CT molecular complexity index is 678. The van der Waals surface area contributed by atoms with Gasteiger partial charge in [0.15, 0.2) is 0 Å². The summed E-state index contributed by atoms with van der Waals surface area (Å²) in [7, 11) is 0. The third-order valence-corrected chi connectivity index (χ3v) is 3.49. The van der Waals surface area contributed by atoms with Gasteiger partial charge in [0.2, 0.25) is 0 Å². The number of aliphatic hydroxyl groups is 1. The fourth-order valence-electron chi connectivity index (χ4n) is 2.55. The van der Waals surface area contributed by atoms with Gasteiger partial charge in [0.1, 0.15) is 11.9 Å². The van der Waals surface area contributed by atoms with Crippen LogP contribution < -0.4 is 5.73 Å². The van der Waals surface area contributed by atoms with Gasteiger partial charge in [-0.15, -0.1) is 0 Å². The molecule has 0 radical (unpaired) electrons. The maximum atomic E-state index is 9.22. The monoisotopic (exact) mass is 274 g/mol. The zero-order chi connectivity index (χ0) is 14.1. The van der Waals surface area contributed by atoms with E-state index in [0.717, 1.165) is 5.39 Å². The highest BCUT2D eigenvalue weighted by Crippen LogP contribution is 2.34. The van der Waals surface area contributed by atoms with Crippen molar-refractivity contribution in [3.63, 3.8) is 0 Å². The largest absolute Gasteiger partial charge is 0.398 e. The smallest absolute Gasteiger partial charge is 0.144 e. The Labute approximate surface area is 114 Å². The van der Waals surface area contributed by atoms with Gasteiger partial charge in [-0.05, 0) is 24.1 Å². The van der Waals surface area contributed by atoms with Crippen molar-refractivity contribution in [2.45, 2.75) is 24.8 Å². The zero-order valence-electron chi connectivity index (χ0n) is 10.6. The van der Waals surface area contributed by atoms with E-state index in [0.29, 0.717) is 17.8 Å². The molecule has 1 aliphatic heterocycles. The first kappa shape index (κ1) is 12.7. The van der Waals surface area contributed by atoms with Crippen molar-refractivity contribution in [2.24, 2.45) is 5.11 Å². The van der Waals surface area contributed by atoms with Crippen LogP contribution in [-0.4, -0.2) is 33.4 Å². The fourth-order valence-corrected chi connectivity index (χ4v) is 2.55. The Hall–Kier alpha value is -2.28. The Morgan fingerprint density at radius 1 is 1.60 bits per heavy atom. The number of hydrogen-bond acceptors (Lipinski definition) is 5. The number of ether oxygens (including phenoxy) is 1. The Morgan fingerprint density at radius 3 is 3.20 bits per heavy atom. The first-order chi connectivity index (χ1) is 9.74. The number of azide groups is 1.